The van der Waals surface area contributed by atoms with Crippen LogP contribution in [0.2, 0.25) is 0 Å². The number of nitrogens with zero attached hydrogens (tertiary/aromatic N) is 2. The molecular formula is C18H16FN3O3. The lowest BCUT2D eigenvalue weighted by Crippen LogP contribution is -2.47. The summed E-state index contributed by atoms with van der Waals surface area (Å²) in [7, 11) is 0. The molecule has 0 unspecified atom stereocenters. The molecule has 25 heavy (non-hydrogen) atoms. The van der Waals surface area contributed by atoms with Crippen molar-refractivity contribution in [3.63, 3.8) is 0 Å². The molecule has 3 rings (SSSR count). The van der Waals surface area contributed by atoms with E-state index >= 15 is 0 Å². The number of halogens is 1. The lowest BCUT2D eigenvalue weighted by molar-refractivity contribution is -0.433. The van der Waals surface area contributed by atoms with E-state index in [9.17, 15) is 19.3 Å². The fourth-order valence-electron chi connectivity index (χ4n) is 2.90. The third kappa shape index (κ3) is 3.21. The number of hydrogen-bond donors (Lipinski definition) is 1. The second-order valence-corrected chi connectivity index (χ2v) is 5.70. The van der Waals surface area contributed by atoms with Crippen molar-refractivity contribution in [2.75, 3.05) is 0 Å². The molecule has 0 fully saturated rings. The topological polar surface area (TPSA) is 75.5 Å². The first-order valence-corrected chi connectivity index (χ1v) is 7.70. The van der Waals surface area contributed by atoms with Crippen LogP contribution >= 0.6 is 0 Å². The molecule has 0 aliphatic carbocycles. The lowest BCUT2D eigenvalue weighted by atomic mass is 9.99. The first-order valence-electron chi connectivity index (χ1n) is 7.70. The monoisotopic (exact) mass is 341 g/mol. The van der Waals surface area contributed by atoms with E-state index in [2.05, 4.69) is 5.32 Å². The zero-order valence-electron chi connectivity index (χ0n) is 13.5. The van der Waals surface area contributed by atoms with Crippen LogP contribution in [0.3, 0.4) is 0 Å². The minimum atomic E-state index is -1.13. The average Bonchev–Trinajstić information content (AvgIpc) is 2.59. The third-order valence-corrected chi connectivity index (χ3v) is 4.16. The van der Waals surface area contributed by atoms with Gasteiger partial charge in [-0.2, -0.15) is 0 Å². The highest BCUT2D eigenvalue weighted by Crippen LogP contribution is 2.32. The Hall–Kier alpha value is -3.22. The number of rotatable bonds is 4. The predicted octanol–water partition coefficient (Wildman–Crippen LogP) is 3.60. The number of carbonyl (C=O) groups is 1. The molecule has 1 aliphatic heterocycles. The first-order chi connectivity index (χ1) is 12.0. The molecule has 2 aromatic rings. The maximum Gasteiger partial charge on any atom is 0.323 e. The molecule has 0 saturated heterocycles. The SMILES string of the molecule is CC1=C([N+](=O)[O-])[C@H](c2ccccc2F)NC(=O)N1Cc1ccccc1. The van der Waals surface area contributed by atoms with Gasteiger partial charge in [0.15, 0.2) is 6.04 Å². The van der Waals surface area contributed by atoms with E-state index in [1.165, 1.54) is 30.0 Å². The fourth-order valence-corrected chi connectivity index (χ4v) is 2.90. The van der Waals surface area contributed by atoms with E-state index in [1.54, 1.807) is 6.07 Å². The van der Waals surface area contributed by atoms with Gasteiger partial charge >= 0.3 is 6.03 Å². The smallest absolute Gasteiger partial charge is 0.320 e. The normalized spacial score (nSPS) is 17.4. The molecular weight excluding hydrogens is 325 g/mol. The summed E-state index contributed by atoms with van der Waals surface area (Å²) >= 11 is 0. The van der Waals surface area contributed by atoms with E-state index in [4.69, 9.17) is 0 Å². The zero-order chi connectivity index (χ0) is 18.0. The molecule has 1 atom stereocenters. The Morgan fingerprint density at radius 3 is 2.44 bits per heavy atom. The van der Waals surface area contributed by atoms with Crippen LogP contribution < -0.4 is 5.32 Å². The summed E-state index contributed by atoms with van der Waals surface area (Å²) in [6.45, 7) is 1.70. The molecule has 1 N–H and O–H groups in total. The molecule has 2 aromatic carbocycles. The number of carbonyl (C=O) groups excluding carboxylic acids is 1. The number of benzene rings is 2. The Morgan fingerprint density at radius 1 is 1.16 bits per heavy atom. The van der Waals surface area contributed by atoms with Gasteiger partial charge in [-0.25, -0.2) is 9.18 Å². The van der Waals surface area contributed by atoms with Gasteiger partial charge in [0, 0.05) is 5.56 Å². The van der Waals surface area contributed by atoms with Crippen molar-refractivity contribution in [1.82, 2.24) is 10.2 Å². The Balaban J connectivity index is 2.03. The Kier molecular flexibility index (Phi) is 4.47. The number of hydrogen-bond acceptors (Lipinski definition) is 3. The molecule has 1 aliphatic rings. The van der Waals surface area contributed by atoms with Crippen molar-refractivity contribution in [1.29, 1.82) is 0 Å². The molecule has 0 spiro atoms. The lowest BCUT2D eigenvalue weighted by Gasteiger charge is -2.32. The van der Waals surface area contributed by atoms with E-state index in [0.29, 0.717) is 0 Å². The standard InChI is InChI=1S/C18H16FN3O3/c1-12-17(22(24)25)16(14-9-5-6-10-15(14)19)20-18(23)21(12)11-13-7-3-2-4-8-13/h2-10,16H,11H2,1H3,(H,20,23)/t16-/m0/s1. The van der Waals surface area contributed by atoms with Gasteiger partial charge in [-0.3, -0.25) is 15.0 Å². The van der Waals surface area contributed by atoms with Crippen LogP contribution in [0.4, 0.5) is 9.18 Å². The van der Waals surface area contributed by atoms with E-state index in [0.717, 1.165) is 5.56 Å². The van der Waals surface area contributed by atoms with Crippen molar-refractivity contribution in [2.45, 2.75) is 19.5 Å². The number of amides is 2. The Bertz CT molecular complexity index is 852. The highest BCUT2D eigenvalue weighted by Gasteiger charge is 2.40. The first kappa shape index (κ1) is 16.6. The van der Waals surface area contributed by atoms with Gasteiger partial charge in [0.05, 0.1) is 17.2 Å². The van der Waals surface area contributed by atoms with Crippen LogP contribution in [0.25, 0.3) is 0 Å². The van der Waals surface area contributed by atoms with Gasteiger partial charge < -0.3 is 5.32 Å². The number of nitro groups is 1. The highest BCUT2D eigenvalue weighted by atomic mass is 19.1. The Morgan fingerprint density at radius 2 is 1.80 bits per heavy atom. The molecule has 0 saturated carbocycles. The highest BCUT2D eigenvalue weighted by molar-refractivity contribution is 5.78. The molecule has 7 heteroatoms. The van der Waals surface area contributed by atoms with Crippen molar-refractivity contribution in [3.8, 4) is 0 Å². The van der Waals surface area contributed by atoms with Crippen LogP contribution in [0.15, 0.2) is 66.0 Å². The second kappa shape index (κ2) is 6.72. The Labute approximate surface area is 143 Å². The van der Waals surface area contributed by atoms with E-state index in [1.807, 2.05) is 30.3 Å². The molecule has 1 heterocycles. The van der Waals surface area contributed by atoms with Gasteiger partial charge in [-0.15, -0.1) is 0 Å². The third-order valence-electron chi connectivity index (χ3n) is 4.16. The average molecular weight is 341 g/mol. The predicted molar refractivity (Wildman–Crippen MR) is 89.4 cm³/mol. The largest absolute Gasteiger partial charge is 0.323 e. The van der Waals surface area contributed by atoms with Crippen molar-refractivity contribution >= 4 is 6.03 Å². The maximum absolute atomic E-state index is 14.1. The number of urea groups is 1. The molecule has 0 aromatic heterocycles. The van der Waals surface area contributed by atoms with Crippen LogP contribution in [0.1, 0.15) is 24.1 Å². The van der Waals surface area contributed by atoms with Crippen molar-refractivity contribution < 1.29 is 14.1 Å². The van der Waals surface area contributed by atoms with Gasteiger partial charge in [0.1, 0.15) is 5.82 Å². The van der Waals surface area contributed by atoms with Crippen molar-refractivity contribution in [2.24, 2.45) is 0 Å². The van der Waals surface area contributed by atoms with Gasteiger partial charge in [-0.05, 0) is 18.6 Å². The van der Waals surface area contributed by atoms with Crippen molar-refractivity contribution in [3.05, 3.63) is 93.0 Å². The molecule has 0 radical (unpaired) electrons. The molecule has 128 valence electrons. The van der Waals surface area contributed by atoms with Crippen LogP contribution in [-0.4, -0.2) is 15.9 Å². The zero-order valence-corrected chi connectivity index (χ0v) is 13.5. The van der Waals surface area contributed by atoms with Gasteiger partial charge in [-0.1, -0.05) is 48.5 Å². The minimum absolute atomic E-state index is 0.0706. The summed E-state index contributed by atoms with van der Waals surface area (Å²) in [4.78, 5) is 24.9. The van der Waals surface area contributed by atoms with Crippen LogP contribution in [-0.2, 0) is 6.54 Å². The second-order valence-electron chi connectivity index (χ2n) is 5.70. The van der Waals surface area contributed by atoms with Crippen LogP contribution in [0.5, 0.6) is 0 Å². The minimum Gasteiger partial charge on any atom is -0.320 e. The summed E-state index contributed by atoms with van der Waals surface area (Å²) in [5.74, 6) is -0.601. The summed E-state index contributed by atoms with van der Waals surface area (Å²) in [5.41, 5.74) is 0.872. The van der Waals surface area contributed by atoms with E-state index in [-0.39, 0.29) is 23.5 Å². The summed E-state index contributed by atoms with van der Waals surface area (Å²) in [6, 6.07) is 13.2. The van der Waals surface area contributed by atoms with Gasteiger partial charge in [0.2, 0.25) is 0 Å². The number of allylic oxidation sites excluding steroid dienone is 1. The summed E-state index contributed by atoms with van der Waals surface area (Å²) in [6.07, 6.45) is 0. The van der Waals surface area contributed by atoms with Crippen LogP contribution in [0, 0.1) is 15.9 Å². The molecule has 6 nitrogen and oxygen atoms in total. The number of nitrogens with one attached hydrogen (secondary N) is 1. The fraction of sp³-hybridized carbons (Fsp3) is 0.167. The quantitative estimate of drug-likeness (QED) is 0.682. The van der Waals surface area contributed by atoms with E-state index < -0.39 is 22.8 Å². The van der Waals surface area contributed by atoms with Gasteiger partial charge in [0.25, 0.3) is 5.70 Å². The maximum atomic E-state index is 14.1. The summed E-state index contributed by atoms with van der Waals surface area (Å²) in [5, 5.41) is 14.2. The summed E-state index contributed by atoms with van der Waals surface area (Å²) < 4.78 is 14.1. The molecule has 2 amide bonds. The molecule has 0 bridgehead atoms.